The molecule has 0 aliphatic heterocycles. The molecule has 0 atom stereocenters. The van der Waals surface area contributed by atoms with Gasteiger partial charge in [0.1, 0.15) is 30.5 Å². The van der Waals surface area contributed by atoms with E-state index >= 15 is 0 Å². The fraction of sp³-hybridized carbons (Fsp3) is 0.333. The van der Waals surface area contributed by atoms with E-state index in [0.29, 0.717) is 32.3 Å². The first-order valence-electron chi connectivity index (χ1n) is 8.06. The normalized spacial score (nSPS) is 10.9. The lowest BCUT2D eigenvalue weighted by atomic mass is 10.3. The van der Waals surface area contributed by atoms with Crippen molar-refractivity contribution in [2.45, 2.75) is 0 Å². The summed E-state index contributed by atoms with van der Waals surface area (Å²) >= 11 is 0. The number of aromatic nitrogens is 1. The van der Waals surface area contributed by atoms with Crippen molar-refractivity contribution in [3.05, 3.63) is 48.8 Å². The lowest BCUT2D eigenvalue weighted by molar-refractivity contribution is 0.316. The Bertz CT molecular complexity index is 633. The molecule has 2 rings (SSSR count). The van der Waals surface area contributed by atoms with Gasteiger partial charge in [-0.1, -0.05) is 0 Å². The van der Waals surface area contributed by atoms with Crippen LogP contribution in [-0.2, 0) is 0 Å². The third-order valence-electron chi connectivity index (χ3n) is 3.24. The lowest BCUT2D eigenvalue weighted by Gasteiger charge is -2.13. The Morgan fingerprint density at radius 1 is 0.960 bits per heavy atom. The first-order chi connectivity index (χ1) is 12.3. The van der Waals surface area contributed by atoms with Gasteiger partial charge in [0.25, 0.3) is 0 Å². The van der Waals surface area contributed by atoms with Crippen LogP contribution >= 0.6 is 0 Å². The van der Waals surface area contributed by atoms with E-state index in [4.69, 9.17) is 14.2 Å². The number of aliphatic imine (C=N–C) groups is 1. The molecule has 0 aliphatic rings. The van der Waals surface area contributed by atoms with E-state index in [2.05, 4.69) is 20.6 Å². The molecule has 1 aromatic heterocycles. The molecule has 0 spiro atoms. The van der Waals surface area contributed by atoms with E-state index in [1.807, 2.05) is 36.4 Å². The fourth-order valence-electron chi connectivity index (χ4n) is 2.00. The minimum absolute atomic E-state index is 0.523. The molecule has 0 unspecified atom stereocenters. The van der Waals surface area contributed by atoms with Crippen LogP contribution in [0.4, 0.5) is 0 Å². The highest BCUT2D eigenvalue weighted by Crippen LogP contribution is 2.16. The predicted molar refractivity (Wildman–Crippen MR) is 97.6 cm³/mol. The predicted octanol–water partition coefficient (Wildman–Crippen LogP) is 1.71. The summed E-state index contributed by atoms with van der Waals surface area (Å²) in [6.07, 6.45) is 3.40. The number of nitrogens with zero attached hydrogens (tertiary/aromatic N) is 2. The van der Waals surface area contributed by atoms with Crippen LogP contribution in [0.25, 0.3) is 0 Å². The molecular formula is C18H24N4O3. The average Bonchev–Trinajstić information content (AvgIpc) is 2.68. The van der Waals surface area contributed by atoms with Crippen molar-refractivity contribution in [1.82, 2.24) is 15.6 Å². The van der Waals surface area contributed by atoms with Crippen molar-refractivity contribution in [2.24, 2.45) is 4.99 Å². The SMILES string of the molecule is CN=C(NCCOc1ccc(OC)cc1)NCCOc1cccnc1. The Kier molecular flexibility index (Phi) is 7.90. The van der Waals surface area contributed by atoms with Gasteiger partial charge in [0.05, 0.1) is 26.4 Å². The summed E-state index contributed by atoms with van der Waals surface area (Å²) in [6.45, 7) is 2.32. The monoisotopic (exact) mass is 344 g/mol. The molecular weight excluding hydrogens is 320 g/mol. The summed E-state index contributed by atoms with van der Waals surface area (Å²) in [7, 11) is 3.36. The van der Waals surface area contributed by atoms with Gasteiger partial charge in [-0.3, -0.25) is 9.98 Å². The number of hydrogen-bond donors (Lipinski definition) is 2. The Morgan fingerprint density at radius 2 is 1.60 bits per heavy atom. The number of pyridine rings is 1. The Morgan fingerprint density at radius 3 is 2.16 bits per heavy atom. The lowest BCUT2D eigenvalue weighted by Crippen LogP contribution is -2.40. The highest BCUT2D eigenvalue weighted by atomic mass is 16.5. The molecule has 0 amide bonds. The van der Waals surface area contributed by atoms with Crippen LogP contribution in [0.5, 0.6) is 17.2 Å². The van der Waals surface area contributed by atoms with Gasteiger partial charge in [-0.2, -0.15) is 0 Å². The minimum atomic E-state index is 0.523. The molecule has 25 heavy (non-hydrogen) atoms. The molecule has 2 aromatic rings. The summed E-state index contributed by atoms with van der Waals surface area (Å²) in [5, 5.41) is 6.36. The smallest absolute Gasteiger partial charge is 0.191 e. The maximum Gasteiger partial charge on any atom is 0.191 e. The minimum Gasteiger partial charge on any atom is -0.497 e. The van der Waals surface area contributed by atoms with Crippen molar-refractivity contribution < 1.29 is 14.2 Å². The molecule has 0 saturated carbocycles. The molecule has 0 fully saturated rings. The van der Waals surface area contributed by atoms with Crippen LogP contribution < -0.4 is 24.8 Å². The third kappa shape index (κ3) is 6.99. The molecule has 2 N–H and O–H groups in total. The van der Waals surface area contributed by atoms with Gasteiger partial charge in [0.2, 0.25) is 0 Å². The number of hydrogen-bond acceptors (Lipinski definition) is 5. The van der Waals surface area contributed by atoms with Crippen LogP contribution in [0.15, 0.2) is 53.8 Å². The van der Waals surface area contributed by atoms with Gasteiger partial charge in [-0.15, -0.1) is 0 Å². The Hall–Kier alpha value is -2.96. The average molecular weight is 344 g/mol. The first kappa shape index (κ1) is 18.4. The summed E-state index contributed by atoms with van der Waals surface area (Å²) < 4.78 is 16.3. The maximum atomic E-state index is 5.65. The Balaban J connectivity index is 1.58. The van der Waals surface area contributed by atoms with E-state index in [9.17, 15) is 0 Å². The molecule has 7 nitrogen and oxygen atoms in total. The maximum absolute atomic E-state index is 5.65. The van der Waals surface area contributed by atoms with E-state index in [-0.39, 0.29) is 0 Å². The zero-order valence-corrected chi connectivity index (χ0v) is 14.6. The van der Waals surface area contributed by atoms with Crippen LogP contribution in [0, 0.1) is 0 Å². The van der Waals surface area contributed by atoms with Crippen molar-refractivity contribution in [1.29, 1.82) is 0 Å². The van der Waals surface area contributed by atoms with Gasteiger partial charge < -0.3 is 24.8 Å². The number of methoxy groups -OCH3 is 1. The quantitative estimate of drug-likeness (QED) is 0.410. The first-order valence-corrected chi connectivity index (χ1v) is 8.06. The highest BCUT2D eigenvalue weighted by Gasteiger charge is 1.99. The van der Waals surface area contributed by atoms with Crippen molar-refractivity contribution >= 4 is 5.96 Å². The number of ether oxygens (including phenoxy) is 3. The summed E-state index contributed by atoms with van der Waals surface area (Å²) in [6, 6.07) is 11.2. The molecule has 0 bridgehead atoms. The number of guanidine groups is 1. The van der Waals surface area contributed by atoms with E-state index < -0.39 is 0 Å². The van der Waals surface area contributed by atoms with Crippen LogP contribution in [0.1, 0.15) is 0 Å². The second-order valence-corrected chi connectivity index (χ2v) is 4.99. The second kappa shape index (κ2) is 10.7. The largest absolute Gasteiger partial charge is 0.497 e. The van der Waals surface area contributed by atoms with Crippen LogP contribution in [0.3, 0.4) is 0 Å². The molecule has 0 saturated heterocycles. The van der Waals surface area contributed by atoms with Crippen molar-refractivity contribution in [2.75, 3.05) is 40.5 Å². The second-order valence-electron chi connectivity index (χ2n) is 4.99. The van der Waals surface area contributed by atoms with Gasteiger partial charge in [-0.25, -0.2) is 0 Å². The number of rotatable bonds is 9. The summed E-state index contributed by atoms with van der Waals surface area (Å²) in [4.78, 5) is 8.15. The topological polar surface area (TPSA) is 77.0 Å². The molecule has 134 valence electrons. The molecule has 0 radical (unpaired) electrons. The molecule has 7 heteroatoms. The summed E-state index contributed by atoms with van der Waals surface area (Å²) in [5.41, 5.74) is 0. The van der Waals surface area contributed by atoms with Crippen molar-refractivity contribution in [3.8, 4) is 17.2 Å². The zero-order valence-electron chi connectivity index (χ0n) is 14.6. The standard InChI is InChI=1S/C18H24N4O3/c1-19-18(22-11-13-25-17-4-3-9-20-14-17)21-10-12-24-16-7-5-15(23-2)6-8-16/h3-9,14H,10-13H2,1-2H3,(H2,19,21,22). The van der Waals surface area contributed by atoms with E-state index in [0.717, 1.165) is 17.2 Å². The van der Waals surface area contributed by atoms with E-state index in [1.54, 1.807) is 26.6 Å². The third-order valence-corrected chi connectivity index (χ3v) is 3.24. The molecule has 1 heterocycles. The van der Waals surface area contributed by atoms with Crippen molar-refractivity contribution in [3.63, 3.8) is 0 Å². The van der Waals surface area contributed by atoms with Gasteiger partial charge >= 0.3 is 0 Å². The summed E-state index contributed by atoms with van der Waals surface area (Å²) in [5.74, 6) is 3.06. The Labute approximate surface area is 148 Å². The highest BCUT2D eigenvalue weighted by molar-refractivity contribution is 5.79. The van der Waals surface area contributed by atoms with Crippen LogP contribution in [-0.4, -0.2) is 51.4 Å². The van der Waals surface area contributed by atoms with Gasteiger partial charge in [-0.05, 0) is 36.4 Å². The van der Waals surface area contributed by atoms with Gasteiger partial charge in [0, 0.05) is 13.2 Å². The van der Waals surface area contributed by atoms with Crippen LogP contribution in [0.2, 0.25) is 0 Å². The molecule has 1 aromatic carbocycles. The fourth-order valence-corrected chi connectivity index (χ4v) is 2.00. The number of benzene rings is 1. The van der Waals surface area contributed by atoms with E-state index in [1.165, 1.54) is 0 Å². The zero-order chi connectivity index (χ0) is 17.7. The van der Waals surface area contributed by atoms with Gasteiger partial charge in [0.15, 0.2) is 5.96 Å². The number of nitrogens with one attached hydrogen (secondary N) is 2. The molecule has 0 aliphatic carbocycles.